The van der Waals surface area contributed by atoms with Crippen molar-refractivity contribution in [1.29, 1.82) is 0 Å². The lowest BCUT2D eigenvalue weighted by Gasteiger charge is -2.30. The molecule has 2 heterocycles. The molecule has 6 nitrogen and oxygen atoms in total. The van der Waals surface area contributed by atoms with Crippen LogP contribution in [0.25, 0.3) is 0 Å². The fraction of sp³-hybridized carbons (Fsp3) is 0.650. The summed E-state index contributed by atoms with van der Waals surface area (Å²) in [4.78, 5) is 14.6. The summed E-state index contributed by atoms with van der Waals surface area (Å²) in [6.45, 7) is 2.70. The lowest BCUT2D eigenvalue weighted by atomic mass is 10.0. The second-order valence-electron chi connectivity index (χ2n) is 7.68. The zero-order valence-corrected chi connectivity index (χ0v) is 16.8. The van der Waals surface area contributed by atoms with Crippen molar-refractivity contribution in [1.82, 2.24) is 9.21 Å². The van der Waals surface area contributed by atoms with Gasteiger partial charge in [-0.3, -0.25) is 4.79 Å². The van der Waals surface area contributed by atoms with Crippen molar-refractivity contribution in [2.75, 3.05) is 26.2 Å². The molecule has 1 aromatic rings. The second-order valence-corrected chi connectivity index (χ2v) is 9.62. The van der Waals surface area contributed by atoms with E-state index in [4.69, 9.17) is 5.73 Å². The van der Waals surface area contributed by atoms with E-state index < -0.39 is 10.0 Å². The van der Waals surface area contributed by atoms with Gasteiger partial charge in [-0.25, -0.2) is 8.42 Å². The van der Waals surface area contributed by atoms with Crippen molar-refractivity contribution < 1.29 is 13.2 Å². The Kier molecular flexibility index (Phi) is 6.89. The van der Waals surface area contributed by atoms with Gasteiger partial charge >= 0.3 is 0 Å². The van der Waals surface area contributed by atoms with Crippen LogP contribution in [0.2, 0.25) is 0 Å². The van der Waals surface area contributed by atoms with Gasteiger partial charge in [0.1, 0.15) is 0 Å². The molecule has 0 aromatic heterocycles. The summed E-state index contributed by atoms with van der Waals surface area (Å²) in [7, 11) is -3.41. The maximum atomic E-state index is 12.8. The SMILES string of the molecule is NC1CCN(C(=O)CCc2ccc(S(=O)(=O)N3CCCCCC3)cc2)CC1. The Hall–Kier alpha value is -1.44. The maximum absolute atomic E-state index is 12.8. The molecule has 0 atom stereocenters. The maximum Gasteiger partial charge on any atom is 0.243 e. The van der Waals surface area contributed by atoms with Gasteiger partial charge in [0.15, 0.2) is 0 Å². The Bertz CT molecular complexity index is 717. The first-order valence-electron chi connectivity index (χ1n) is 10.1. The van der Waals surface area contributed by atoms with Gasteiger partial charge in [-0.1, -0.05) is 25.0 Å². The van der Waals surface area contributed by atoms with Gasteiger partial charge in [-0.05, 0) is 49.8 Å². The molecule has 3 rings (SSSR count). The summed E-state index contributed by atoms with van der Waals surface area (Å²) in [6.07, 6.45) is 6.88. The Labute approximate surface area is 162 Å². The molecular formula is C20H31N3O3S. The average Bonchev–Trinajstić information content (AvgIpc) is 2.97. The molecule has 2 aliphatic heterocycles. The minimum atomic E-state index is -3.41. The second kappa shape index (κ2) is 9.17. The molecule has 2 aliphatic rings. The standard InChI is InChI=1S/C20H31N3O3S/c21-18-11-15-22(16-12-18)20(24)10-7-17-5-8-19(9-6-17)27(25,26)23-13-3-1-2-4-14-23/h5-6,8-9,18H,1-4,7,10-16,21H2. The highest BCUT2D eigenvalue weighted by atomic mass is 32.2. The zero-order chi connectivity index (χ0) is 19.3. The first-order chi connectivity index (χ1) is 13.0. The topological polar surface area (TPSA) is 83.7 Å². The number of nitrogens with two attached hydrogens (primary N) is 1. The largest absolute Gasteiger partial charge is 0.343 e. The Balaban J connectivity index is 1.56. The van der Waals surface area contributed by atoms with Crippen LogP contribution in [0, 0.1) is 0 Å². The number of carbonyl (C=O) groups is 1. The molecule has 27 heavy (non-hydrogen) atoms. The van der Waals surface area contributed by atoms with Crippen molar-refractivity contribution >= 4 is 15.9 Å². The summed E-state index contributed by atoms with van der Waals surface area (Å²) in [6, 6.07) is 7.25. The number of benzene rings is 1. The summed E-state index contributed by atoms with van der Waals surface area (Å²) in [5, 5.41) is 0. The lowest BCUT2D eigenvalue weighted by Crippen LogP contribution is -2.42. The van der Waals surface area contributed by atoms with Crippen LogP contribution in [0.1, 0.15) is 50.5 Å². The van der Waals surface area contributed by atoms with E-state index >= 15 is 0 Å². The molecule has 2 fully saturated rings. The first kappa shape index (κ1) is 20.3. The number of hydrogen-bond donors (Lipinski definition) is 1. The molecule has 7 heteroatoms. The van der Waals surface area contributed by atoms with E-state index in [1.807, 2.05) is 17.0 Å². The average molecular weight is 394 g/mol. The fourth-order valence-corrected chi connectivity index (χ4v) is 5.33. The van der Waals surface area contributed by atoms with Crippen LogP contribution < -0.4 is 5.73 Å². The normalized spacial score (nSPS) is 20.4. The lowest BCUT2D eigenvalue weighted by molar-refractivity contribution is -0.132. The molecule has 150 valence electrons. The molecular weight excluding hydrogens is 362 g/mol. The van der Waals surface area contributed by atoms with Crippen LogP contribution in [0.3, 0.4) is 0 Å². The summed E-state index contributed by atoms with van der Waals surface area (Å²) in [5.74, 6) is 0.156. The highest BCUT2D eigenvalue weighted by Gasteiger charge is 2.25. The number of sulfonamides is 1. The molecule has 0 bridgehead atoms. The van der Waals surface area contributed by atoms with Crippen LogP contribution in [0.4, 0.5) is 0 Å². The quantitative estimate of drug-likeness (QED) is 0.831. The van der Waals surface area contributed by atoms with Crippen LogP contribution in [-0.4, -0.2) is 55.8 Å². The van der Waals surface area contributed by atoms with E-state index in [0.717, 1.165) is 57.2 Å². The molecule has 2 saturated heterocycles. The van der Waals surface area contributed by atoms with E-state index in [9.17, 15) is 13.2 Å². The Morgan fingerprint density at radius 2 is 1.56 bits per heavy atom. The number of rotatable bonds is 5. The summed E-state index contributed by atoms with van der Waals surface area (Å²) < 4.78 is 27.2. The van der Waals surface area contributed by atoms with E-state index in [-0.39, 0.29) is 11.9 Å². The van der Waals surface area contributed by atoms with Crippen molar-refractivity contribution in [3.63, 3.8) is 0 Å². The van der Waals surface area contributed by atoms with Crippen LogP contribution in [-0.2, 0) is 21.2 Å². The van der Waals surface area contributed by atoms with Gasteiger partial charge in [-0.15, -0.1) is 0 Å². The number of hydrogen-bond acceptors (Lipinski definition) is 4. The van der Waals surface area contributed by atoms with Crippen molar-refractivity contribution in [3.05, 3.63) is 29.8 Å². The third-order valence-corrected chi connectivity index (χ3v) is 7.56. The van der Waals surface area contributed by atoms with Gasteiger partial charge in [0, 0.05) is 38.6 Å². The number of likely N-dealkylation sites (tertiary alicyclic amines) is 1. The summed E-state index contributed by atoms with van der Waals surface area (Å²) in [5.41, 5.74) is 6.88. The summed E-state index contributed by atoms with van der Waals surface area (Å²) >= 11 is 0. The smallest absolute Gasteiger partial charge is 0.243 e. The van der Waals surface area contributed by atoms with Crippen LogP contribution in [0.5, 0.6) is 0 Å². The monoisotopic (exact) mass is 393 g/mol. The predicted molar refractivity (Wildman–Crippen MR) is 106 cm³/mol. The minimum Gasteiger partial charge on any atom is -0.343 e. The molecule has 0 saturated carbocycles. The van der Waals surface area contributed by atoms with Gasteiger partial charge in [0.25, 0.3) is 0 Å². The molecule has 2 N–H and O–H groups in total. The number of amides is 1. The molecule has 1 amide bonds. The van der Waals surface area contributed by atoms with E-state index in [1.165, 1.54) is 0 Å². The van der Waals surface area contributed by atoms with Gasteiger partial charge in [0.05, 0.1) is 4.90 Å². The van der Waals surface area contributed by atoms with Crippen molar-refractivity contribution in [3.8, 4) is 0 Å². The van der Waals surface area contributed by atoms with Crippen molar-refractivity contribution in [2.45, 2.75) is 62.3 Å². The number of nitrogens with zero attached hydrogens (tertiary/aromatic N) is 2. The highest BCUT2D eigenvalue weighted by molar-refractivity contribution is 7.89. The highest BCUT2D eigenvalue weighted by Crippen LogP contribution is 2.21. The van der Waals surface area contributed by atoms with E-state index in [1.54, 1.807) is 16.4 Å². The molecule has 1 aromatic carbocycles. The number of carbonyl (C=O) groups excluding carboxylic acids is 1. The van der Waals surface area contributed by atoms with Crippen LogP contribution in [0.15, 0.2) is 29.2 Å². The van der Waals surface area contributed by atoms with Crippen molar-refractivity contribution in [2.24, 2.45) is 5.73 Å². The van der Waals surface area contributed by atoms with E-state index in [2.05, 4.69) is 0 Å². The minimum absolute atomic E-state index is 0.156. The van der Waals surface area contributed by atoms with Crippen LogP contribution >= 0.6 is 0 Å². The third-order valence-electron chi connectivity index (χ3n) is 5.65. The molecule has 0 unspecified atom stereocenters. The Morgan fingerprint density at radius 1 is 0.963 bits per heavy atom. The van der Waals surface area contributed by atoms with Gasteiger partial charge in [-0.2, -0.15) is 4.31 Å². The zero-order valence-electron chi connectivity index (χ0n) is 16.0. The molecule has 0 aliphatic carbocycles. The van der Waals surface area contributed by atoms with E-state index in [0.29, 0.717) is 30.8 Å². The molecule has 0 spiro atoms. The fourth-order valence-electron chi connectivity index (χ4n) is 3.82. The molecule has 0 radical (unpaired) electrons. The number of piperidine rings is 1. The van der Waals surface area contributed by atoms with Gasteiger partial charge < -0.3 is 10.6 Å². The Morgan fingerprint density at radius 3 is 2.15 bits per heavy atom. The third kappa shape index (κ3) is 5.30. The van der Waals surface area contributed by atoms with Gasteiger partial charge in [0.2, 0.25) is 15.9 Å². The predicted octanol–water partition coefficient (Wildman–Crippen LogP) is 2.13. The number of aryl methyl sites for hydroxylation is 1. The first-order valence-corrected chi connectivity index (χ1v) is 11.5.